The summed E-state index contributed by atoms with van der Waals surface area (Å²) in [7, 11) is 0. The summed E-state index contributed by atoms with van der Waals surface area (Å²) in [6.45, 7) is 2.12. The quantitative estimate of drug-likeness (QED) is 0.629. The van der Waals surface area contributed by atoms with Crippen LogP contribution < -0.4 is 0 Å². The van der Waals surface area contributed by atoms with Crippen LogP contribution in [0.2, 0.25) is 0 Å². The molecule has 0 atom stereocenters. The average Bonchev–Trinajstić information content (AvgIpc) is 2.37. The molecule has 4 heteroatoms. The van der Waals surface area contributed by atoms with Gasteiger partial charge in [-0.1, -0.05) is 19.8 Å². The van der Waals surface area contributed by atoms with Gasteiger partial charge in [0.05, 0.1) is 5.56 Å². The minimum absolute atomic E-state index is 0.0634. The first-order valence-corrected chi connectivity index (χ1v) is 7.09. The molecule has 0 aromatic heterocycles. The van der Waals surface area contributed by atoms with Gasteiger partial charge in [-0.25, -0.2) is 0 Å². The first kappa shape index (κ1) is 15.0. The fraction of sp³-hybridized carbons (Fsp3) is 0.294. The number of hydrogen-bond acceptors (Lipinski definition) is 4. The van der Waals surface area contributed by atoms with Crippen LogP contribution in [0, 0.1) is 0 Å². The summed E-state index contributed by atoms with van der Waals surface area (Å²) in [5.41, 5.74) is 1.44. The van der Waals surface area contributed by atoms with Crippen molar-refractivity contribution in [3.63, 3.8) is 0 Å². The lowest BCUT2D eigenvalue weighted by atomic mass is 9.98. The summed E-state index contributed by atoms with van der Waals surface area (Å²) in [4.78, 5) is 0. The van der Waals surface area contributed by atoms with Crippen molar-refractivity contribution in [3.05, 3.63) is 35.9 Å². The summed E-state index contributed by atoms with van der Waals surface area (Å²) >= 11 is 0. The van der Waals surface area contributed by atoms with Gasteiger partial charge in [-0.05, 0) is 48.2 Å². The summed E-state index contributed by atoms with van der Waals surface area (Å²) in [6.07, 6.45) is 4.00. The number of hydrogen-bond donors (Lipinski definition) is 4. The number of unbranched alkanes of at least 4 members (excludes halogenated alkanes) is 2. The number of rotatable bonds is 5. The Morgan fingerprint density at radius 3 is 1.86 bits per heavy atom. The van der Waals surface area contributed by atoms with Crippen molar-refractivity contribution >= 4 is 0 Å². The van der Waals surface area contributed by atoms with Crippen LogP contribution in [0.5, 0.6) is 23.0 Å². The van der Waals surface area contributed by atoms with E-state index in [0.29, 0.717) is 5.56 Å². The highest BCUT2D eigenvalue weighted by Crippen LogP contribution is 2.41. The first-order chi connectivity index (χ1) is 10.0. The second kappa shape index (κ2) is 6.39. The Hall–Kier alpha value is -2.36. The summed E-state index contributed by atoms with van der Waals surface area (Å²) in [5, 5.41) is 39.3. The Bertz CT molecular complexity index is 591. The third-order valence-corrected chi connectivity index (χ3v) is 3.42. The molecular formula is C17H20O4. The van der Waals surface area contributed by atoms with Gasteiger partial charge < -0.3 is 20.4 Å². The summed E-state index contributed by atoms with van der Waals surface area (Å²) in [5.74, 6) is -0.385. The zero-order valence-corrected chi connectivity index (χ0v) is 12.0. The van der Waals surface area contributed by atoms with E-state index in [2.05, 4.69) is 6.92 Å². The lowest BCUT2D eigenvalue weighted by molar-refractivity contribution is 0.448. The van der Waals surface area contributed by atoms with E-state index in [-0.39, 0.29) is 28.6 Å². The standard InChI is InChI=1S/C17H20O4/c1-2-3-4-5-11-6-15(20)17(16(21)7-11)12-8-13(18)10-14(19)9-12/h6-10,18-21H,2-5H2,1H3. The molecule has 4 nitrogen and oxygen atoms in total. The van der Waals surface area contributed by atoms with Crippen LogP contribution in [-0.4, -0.2) is 20.4 Å². The second-order valence-electron chi connectivity index (χ2n) is 5.20. The number of benzene rings is 2. The predicted molar refractivity (Wildman–Crippen MR) is 81.8 cm³/mol. The Kier molecular flexibility index (Phi) is 4.58. The highest BCUT2D eigenvalue weighted by atomic mass is 16.3. The van der Waals surface area contributed by atoms with E-state index in [0.717, 1.165) is 31.2 Å². The Morgan fingerprint density at radius 2 is 1.33 bits per heavy atom. The highest BCUT2D eigenvalue weighted by Gasteiger charge is 2.13. The molecule has 4 N–H and O–H groups in total. The van der Waals surface area contributed by atoms with Crippen LogP contribution in [0.1, 0.15) is 31.7 Å². The van der Waals surface area contributed by atoms with E-state index in [9.17, 15) is 20.4 Å². The highest BCUT2D eigenvalue weighted by molar-refractivity contribution is 5.78. The van der Waals surface area contributed by atoms with Gasteiger partial charge in [-0.15, -0.1) is 0 Å². The van der Waals surface area contributed by atoms with E-state index in [1.807, 2.05) is 0 Å². The van der Waals surface area contributed by atoms with E-state index >= 15 is 0 Å². The van der Waals surface area contributed by atoms with Gasteiger partial charge in [-0.2, -0.15) is 0 Å². The molecule has 0 saturated carbocycles. The zero-order chi connectivity index (χ0) is 15.4. The summed E-state index contributed by atoms with van der Waals surface area (Å²) in [6, 6.07) is 7.19. The lowest BCUT2D eigenvalue weighted by Crippen LogP contribution is -1.88. The van der Waals surface area contributed by atoms with E-state index in [1.165, 1.54) is 18.2 Å². The smallest absolute Gasteiger partial charge is 0.127 e. The SMILES string of the molecule is CCCCCc1cc(O)c(-c2cc(O)cc(O)c2)c(O)c1. The van der Waals surface area contributed by atoms with Gasteiger partial charge in [0.2, 0.25) is 0 Å². The molecule has 0 aliphatic rings. The third-order valence-electron chi connectivity index (χ3n) is 3.42. The molecule has 0 bridgehead atoms. The molecule has 0 spiro atoms. The molecule has 0 heterocycles. The first-order valence-electron chi connectivity index (χ1n) is 7.09. The van der Waals surface area contributed by atoms with Crippen LogP contribution in [-0.2, 0) is 6.42 Å². The normalized spacial score (nSPS) is 10.7. The lowest BCUT2D eigenvalue weighted by Gasteiger charge is -2.11. The Morgan fingerprint density at radius 1 is 0.762 bits per heavy atom. The molecular weight excluding hydrogens is 268 g/mol. The molecule has 112 valence electrons. The van der Waals surface area contributed by atoms with Crippen LogP contribution in [0.25, 0.3) is 11.1 Å². The number of aryl methyl sites for hydroxylation is 1. The fourth-order valence-electron chi connectivity index (χ4n) is 2.43. The topological polar surface area (TPSA) is 80.9 Å². The number of phenols is 4. The van der Waals surface area contributed by atoms with Crippen molar-refractivity contribution in [2.24, 2.45) is 0 Å². The molecule has 0 fully saturated rings. The van der Waals surface area contributed by atoms with E-state index < -0.39 is 0 Å². The van der Waals surface area contributed by atoms with Gasteiger partial charge in [0, 0.05) is 6.07 Å². The molecule has 0 radical (unpaired) electrons. The van der Waals surface area contributed by atoms with Crippen molar-refractivity contribution in [1.82, 2.24) is 0 Å². The molecule has 0 unspecified atom stereocenters. The van der Waals surface area contributed by atoms with Gasteiger partial charge in [0.25, 0.3) is 0 Å². The molecule has 0 aliphatic carbocycles. The molecule has 2 rings (SSSR count). The maximum Gasteiger partial charge on any atom is 0.127 e. The van der Waals surface area contributed by atoms with Gasteiger partial charge >= 0.3 is 0 Å². The zero-order valence-electron chi connectivity index (χ0n) is 12.0. The van der Waals surface area contributed by atoms with Crippen LogP contribution in [0.15, 0.2) is 30.3 Å². The van der Waals surface area contributed by atoms with Gasteiger partial charge in [0.1, 0.15) is 23.0 Å². The molecule has 0 saturated heterocycles. The average molecular weight is 288 g/mol. The largest absolute Gasteiger partial charge is 0.508 e. The molecule has 21 heavy (non-hydrogen) atoms. The van der Waals surface area contributed by atoms with Crippen LogP contribution in [0.3, 0.4) is 0 Å². The Labute approximate surface area is 123 Å². The monoisotopic (exact) mass is 288 g/mol. The molecule has 0 aliphatic heterocycles. The van der Waals surface area contributed by atoms with Crippen LogP contribution in [0.4, 0.5) is 0 Å². The molecule has 2 aromatic carbocycles. The third kappa shape index (κ3) is 3.60. The predicted octanol–water partition coefficient (Wildman–Crippen LogP) is 3.91. The Balaban J connectivity index is 2.36. The van der Waals surface area contributed by atoms with Gasteiger partial charge in [-0.3, -0.25) is 0 Å². The van der Waals surface area contributed by atoms with Crippen molar-refractivity contribution < 1.29 is 20.4 Å². The second-order valence-corrected chi connectivity index (χ2v) is 5.20. The molecule has 0 amide bonds. The fourth-order valence-corrected chi connectivity index (χ4v) is 2.43. The van der Waals surface area contributed by atoms with E-state index in [1.54, 1.807) is 12.1 Å². The minimum atomic E-state index is -0.129. The van der Waals surface area contributed by atoms with Crippen molar-refractivity contribution in [3.8, 4) is 34.1 Å². The number of phenolic OH excluding ortho intramolecular Hbond substituents is 4. The van der Waals surface area contributed by atoms with Crippen molar-refractivity contribution in [2.75, 3.05) is 0 Å². The maximum atomic E-state index is 10.1. The van der Waals surface area contributed by atoms with Crippen LogP contribution >= 0.6 is 0 Å². The van der Waals surface area contributed by atoms with Crippen molar-refractivity contribution in [2.45, 2.75) is 32.6 Å². The van der Waals surface area contributed by atoms with E-state index in [4.69, 9.17) is 0 Å². The summed E-state index contributed by atoms with van der Waals surface area (Å²) < 4.78 is 0. The minimum Gasteiger partial charge on any atom is -0.508 e. The number of aromatic hydroxyl groups is 4. The molecule has 2 aromatic rings. The maximum absolute atomic E-state index is 10.1. The van der Waals surface area contributed by atoms with Gasteiger partial charge in [0.15, 0.2) is 0 Å². The van der Waals surface area contributed by atoms with Crippen molar-refractivity contribution in [1.29, 1.82) is 0 Å².